The van der Waals surface area contributed by atoms with Crippen LogP contribution in [0.15, 0.2) is 18.2 Å². The second-order valence-corrected chi connectivity index (χ2v) is 5.12. The monoisotopic (exact) mass is 289 g/mol. The van der Waals surface area contributed by atoms with Gasteiger partial charge in [-0.05, 0) is 37.0 Å². The van der Waals surface area contributed by atoms with Gasteiger partial charge in [0.15, 0.2) is 0 Å². The molecule has 0 aliphatic heterocycles. The molecule has 6 heteroatoms. The van der Waals surface area contributed by atoms with Gasteiger partial charge in [-0.3, -0.25) is 0 Å². The largest absolute Gasteiger partial charge is 0.493 e. The van der Waals surface area contributed by atoms with Gasteiger partial charge < -0.3 is 10.5 Å². The Morgan fingerprint density at radius 3 is 2.53 bits per heavy atom. The van der Waals surface area contributed by atoms with E-state index in [1.165, 1.54) is 12.1 Å². The molecule has 2 N–H and O–H groups in total. The van der Waals surface area contributed by atoms with Crippen molar-refractivity contribution in [2.45, 2.75) is 25.4 Å². The smallest absolute Gasteiger partial charge is 0.419 e. The fourth-order valence-corrected chi connectivity index (χ4v) is 2.02. The molecule has 0 saturated heterocycles. The van der Waals surface area contributed by atoms with Gasteiger partial charge in [0.25, 0.3) is 0 Å². The summed E-state index contributed by atoms with van der Waals surface area (Å²) in [4.78, 5) is -0.0592. The zero-order chi connectivity index (χ0) is 14.0. The van der Waals surface area contributed by atoms with E-state index in [4.69, 9.17) is 22.7 Å². The van der Waals surface area contributed by atoms with E-state index in [-0.39, 0.29) is 16.3 Å². The van der Waals surface area contributed by atoms with Crippen molar-refractivity contribution in [2.75, 3.05) is 6.61 Å². The second kappa shape index (κ2) is 5.36. The summed E-state index contributed by atoms with van der Waals surface area (Å²) in [6, 6.07) is 3.68. The van der Waals surface area contributed by atoms with Crippen LogP contribution in [0.3, 0.4) is 0 Å². The van der Waals surface area contributed by atoms with Gasteiger partial charge in [0.1, 0.15) is 10.7 Å². The fourth-order valence-electron chi connectivity index (χ4n) is 1.90. The highest BCUT2D eigenvalue weighted by atomic mass is 32.1. The van der Waals surface area contributed by atoms with E-state index in [0.29, 0.717) is 12.5 Å². The first kappa shape index (κ1) is 14.1. The van der Waals surface area contributed by atoms with Crippen molar-refractivity contribution in [1.29, 1.82) is 0 Å². The summed E-state index contributed by atoms with van der Waals surface area (Å²) in [5.74, 6) is 0.218. The van der Waals surface area contributed by atoms with Crippen LogP contribution in [0.1, 0.15) is 30.4 Å². The van der Waals surface area contributed by atoms with Crippen LogP contribution in [0.25, 0.3) is 0 Å². The summed E-state index contributed by atoms with van der Waals surface area (Å²) < 4.78 is 44.1. The van der Waals surface area contributed by atoms with E-state index in [2.05, 4.69) is 0 Å². The molecule has 1 fully saturated rings. The molecule has 0 unspecified atom stereocenters. The lowest BCUT2D eigenvalue weighted by Gasteiger charge is -2.26. The SMILES string of the molecule is NC(=S)c1ccc(OCC2CCC2)c(C(F)(F)F)c1. The van der Waals surface area contributed by atoms with Crippen LogP contribution < -0.4 is 10.5 Å². The fraction of sp³-hybridized carbons (Fsp3) is 0.462. The molecule has 1 aromatic rings. The Balaban J connectivity index is 2.22. The van der Waals surface area contributed by atoms with Gasteiger partial charge in [-0.1, -0.05) is 18.6 Å². The molecule has 1 aromatic carbocycles. The number of rotatable bonds is 4. The maximum Gasteiger partial charge on any atom is 0.419 e. The standard InChI is InChI=1S/C13H14F3NOS/c14-13(15,16)10-6-9(12(17)19)4-5-11(10)18-7-8-2-1-3-8/h4-6,8H,1-3,7H2,(H2,17,19). The van der Waals surface area contributed by atoms with E-state index >= 15 is 0 Å². The summed E-state index contributed by atoms with van der Waals surface area (Å²) in [6.07, 6.45) is -1.31. The summed E-state index contributed by atoms with van der Waals surface area (Å²) in [5.41, 5.74) is 4.72. The summed E-state index contributed by atoms with van der Waals surface area (Å²) in [7, 11) is 0. The Morgan fingerprint density at radius 2 is 2.05 bits per heavy atom. The lowest BCUT2D eigenvalue weighted by atomic mass is 9.86. The molecular weight excluding hydrogens is 275 g/mol. The first-order valence-corrected chi connectivity index (χ1v) is 6.42. The molecule has 0 heterocycles. The Kier molecular flexibility index (Phi) is 3.99. The van der Waals surface area contributed by atoms with Gasteiger partial charge in [0.2, 0.25) is 0 Å². The summed E-state index contributed by atoms with van der Waals surface area (Å²) >= 11 is 4.69. The topological polar surface area (TPSA) is 35.2 Å². The van der Waals surface area contributed by atoms with Crippen molar-refractivity contribution in [3.63, 3.8) is 0 Å². The van der Waals surface area contributed by atoms with Crippen LogP contribution in [0, 0.1) is 5.92 Å². The molecule has 1 saturated carbocycles. The van der Waals surface area contributed by atoms with Crippen LogP contribution in [-0.4, -0.2) is 11.6 Å². The second-order valence-electron chi connectivity index (χ2n) is 4.68. The summed E-state index contributed by atoms with van der Waals surface area (Å²) in [6.45, 7) is 0.329. The van der Waals surface area contributed by atoms with Crippen molar-refractivity contribution in [1.82, 2.24) is 0 Å². The first-order valence-electron chi connectivity index (χ1n) is 6.02. The highest BCUT2D eigenvalue weighted by Crippen LogP contribution is 2.37. The Hall–Kier alpha value is -1.30. The number of alkyl halides is 3. The highest BCUT2D eigenvalue weighted by molar-refractivity contribution is 7.80. The third-order valence-electron chi connectivity index (χ3n) is 3.27. The molecule has 104 valence electrons. The quantitative estimate of drug-likeness (QED) is 0.861. The van der Waals surface area contributed by atoms with Gasteiger partial charge in [0.05, 0.1) is 12.2 Å². The van der Waals surface area contributed by atoms with Crippen molar-refractivity contribution < 1.29 is 17.9 Å². The normalized spacial score (nSPS) is 15.9. The molecule has 0 aromatic heterocycles. The van der Waals surface area contributed by atoms with Crippen LogP contribution in [0.4, 0.5) is 13.2 Å². The molecule has 0 amide bonds. The summed E-state index contributed by atoms with van der Waals surface area (Å²) in [5, 5.41) is 0. The molecule has 0 bridgehead atoms. The number of halogens is 3. The van der Waals surface area contributed by atoms with Crippen molar-refractivity contribution in [3.8, 4) is 5.75 Å². The number of ether oxygens (including phenoxy) is 1. The average Bonchev–Trinajstić information content (AvgIpc) is 2.25. The van der Waals surface area contributed by atoms with Crippen LogP contribution in [0.5, 0.6) is 5.75 Å². The Labute approximate surface area is 114 Å². The molecule has 0 atom stereocenters. The molecule has 1 aliphatic carbocycles. The van der Waals surface area contributed by atoms with E-state index < -0.39 is 11.7 Å². The predicted octanol–water partition coefficient (Wildman–Crippen LogP) is 3.52. The van der Waals surface area contributed by atoms with Crippen molar-refractivity contribution in [3.05, 3.63) is 29.3 Å². The zero-order valence-electron chi connectivity index (χ0n) is 10.2. The maximum absolute atomic E-state index is 12.9. The number of nitrogens with two attached hydrogens (primary N) is 1. The van der Waals surface area contributed by atoms with Gasteiger partial charge in [-0.25, -0.2) is 0 Å². The van der Waals surface area contributed by atoms with Crippen LogP contribution in [0.2, 0.25) is 0 Å². The molecule has 19 heavy (non-hydrogen) atoms. The van der Waals surface area contributed by atoms with Crippen LogP contribution in [-0.2, 0) is 6.18 Å². The number of benzene rings is 1. The minimum atomic E-state index is -4.48. The zero-order valence-corrected chi connectivity index (χ0v) is 11.0. The molecule has 0 radical (unpaired) electrons. The maximum atomic E-state index is 12.9. The Morgan fingerprint density at radius 1 is 1.37 bits per heavy atom. The van der Waals surface area contributed by atoms with E-state index in [1.54, 1.807) is 0 Å². The number of hydrogen-bond donors (Lipinski definition) is 1. The first-order chi connectivity index (χ1) is 8.88. The van der Waals surface area contributed by atoms with Crippen LogP contribution >= 0.6 is 12.2 Å². The number of hydrogen-bond acceptors (Lipinski definition) is 2. The van der Waals surface area contributed by atoms with E-state index in [9.17, 15) is 13.2 Å². The minimum Gasteiger partial charge on any atom is -0.493 e. The molecule has 2 rings (SSSR count). The van der Waals surface area contributed by atoms with Gasteiger partial charge in [0, 0.05) is 5.56 Å². The average molecular weight is 289 g/mol. The third-order valence-corrected chi connectivity index (χ3v) is 3.50. The van der Waals surface area contributed by atoms with E-state index in [1.807, 2.05) is 0 Å². The van der Waals surface area contributed by atoms with Gasteiger partial charge in [-0.15, -0.1) is 0 Å². The van der Waals surface area contributed by atoms with Gasteiger partial charge >= 0.3 is 6.18 Å². The minimum absolute atomic E-state index is 0.0592. The Bertz CT molecular complexity index is 483. The van der Waals surface area contributed by atoms with Crippen molar-refractivity contribution >= 4 is 17.2 Å². The molecular formula is C13H14F3NOS. The third kappa shape index (κ3) is 3.37. The van der Waals surface area contributed by atoms with E-state index in [0.717, 1.165) is 25.3 Å². The lowest BCUT2D eigenvalue weighted by molar-refractivity contribution is -0.139. The molecule has 0 spiro atoms. The van der Waals surface area contributed by atoms with Crippen molar-refractivity contribution in [2.24, 2.45) is 11.7 Å². The number of thiocarbonyl (C=S) groups is 1. The molecule has 1 aliphatic rings. The predicted molar refractivity (Wildman–Crippen MR) is 70.2 cm³/mol. The lowest BCUT2D eigenvalue weighted by Crippen LogP contribution is -2.21. The highest BCUT2D eigenvalue weighted by Gasteiger charge is 2.35. The molecule has 2 nitrogen and oxygen atoms in total. The van der Waals surface area contributed by atoms with Gasteiger partial charge in [-0.2, -0.15) is 13.2 Å².